The molecule has 0 N–H and O–H groups in total. The topological polar surface area (TPSA) is 3.24 Å². The summed E-state index contributed by atoms with van der Waals surface area (Å²) >= 11 is 12.0. The number of nitrogens with zero attached hydrogens (tertiary/aromatic N) is 1. The van der Waals surface area contributed by atoms with E-state index in [1.54, 1.807) is 0 Å². The smallest absolute Gasteiger partial charge is 0.0509 e. The average molecular weight is 267 g/mol. The molecule has 84 valence electrons. The van der Waals surface area contributed by atoms with Gasteiger partial charge in [0.2, 0.25) is 0 Å². The molecule has 0 aromatic heterocycles. The summed E-state index contributed by atoms with van der Waals surface area (Å²) in [5, 5.41) is 0.782. The fourth-order valence-corrected chi connectivity index (χ4v) is 2.52. The van der Waals surface area contributed by atoms with Gasteiger partial charge in [-0.05, 0) is 25.0 Å². The minimum absolute atomic E-state index is 0. The Balaban J connectivity index is 0.00000112. The first kappa shape index (κ1) is 13.0. The molecule has 1 aromatic rings. The second-order valence-corrected chi connectivity index (χ2v) is 4.24. The van der Waals surface area contributed by atoms with Crippen LogP contribution in [0.3, 0.4) is 0 Å². The second-order valence-electron chi connectivity index (χ2n) is 3.57. The summed E-state index contributed by atoms with van der Waals surface area (Å²) in [7, 11) is 0. The molecule has 4 heteroatoms. The number of alkyl halides is 1. The Morgan fingerprint density at radius 1 is 1.20 bits per heavy atom. The fourth-order valence-electron chi connectivity index (χ4n) is 1.93. The summed E-state index contributed by atoms with van der Waals surface area (Å²) in [4.78, 5) is 2.36. The van der Waals surface area contributed by atoms with Crippen LogP contribution in [0, 0.1) is 0 Å². The lowest BCUT2D eigenvalue weighted by atomic mass is 10.2. The zero-order chi connectivity index (χ0) is 9.97. The van der Waals surface area contributed by atoms with Crippen LogP contribution < -0.4 is 4.90 Å². The molecule has 1 heterocycles. The molecular weight excluding hydrogens is 252 g/mol. The number of halogens is 3. The third-order valence-electron chi connectivity index (χ3n) is 2.67. The fraction of sp³-hybridized carbons (Fsp3) is 0.455. The van der Waals surface area contributed by atoms with Gasteiger partial charge in [0.15, 0.2) is 0 Å². The molecule has 0 unspecified atom stereocenters. The second kappa shape index (κ2) is 5.83. The molecule has 1 fully saturated rings. The van der Waals surface area contributed by atoms with Crippen LogP contribution in [0.2, 0.25) is 5.02 Å². The standard InChI is InChI=1S/C11H13Cl2N.ClH/c12-8-9-10(13)4-3-5-11(9)14-6-1-2-7-14;/h3-5H,1-2,6-8H2;1H. The van der Waals surface area contributed by atoms with E-state index >= 15 is 0 Å². The third-order valence-corrected chi connectivity index (χ3v) is 3.30. The largest absolute Gasteiger partial charge is 0.371 e. The van der Waals surface area contributed by atoms with E-state index < -0.39 is 0 Å². The van der Waals surface area contributed by atoms with Gasteiger partial charge >= 0.3 is 0 Å². The van der Waals surface area contributed by atoms with E-state index in [1.165, 1.54) is 18.5 Å². The Labute approximate surface area is 107 Å². The highest BCUT2D eigenvalue weighted by molar-refractivity contribution is 6.32. The van der Waals surface area contributed by atoms with Crippen molar-refractivity contribution in [3.8, 4) is 0 Å². The Bertz CT molecular complexity index is 322. The molecule has 0 aliphatic carbocycles. The first-order valence-corrected chi connectivity index (χ1v) is 5.82. The Morgan fingerprint density at radius 3 is 2.47 bits per heavy atom. The van der Waals surface area contributed by atoms with Crippen LogP contribution in [-0.2, 0) is 5.88 Å². The van der Waals surface area contributed by atoms with E-state index in [-0.39, 0.29) is 12.4 Å². The van der Waals surface area contributed by atoms with Crippen molar-refractivity contribution < 1.29 is 0 Å². The quantitative estimate of drug-likeness (QED) is 0.729. The average Bonchev–Trinajstić information content (AvgIpc) is 2.70. The van der Waals surface area contributed by atoms with Crippen molar-refractivity contribution in [2.45, 2.75) is 18.7 Å². The summed E-state index contributed by atoms with van der Waals surface area (Å²) in [5.41, 5.74) is 2.28. The molecular formula is C11H14Cl3N. The summed E-state index contributed by atoms with van der Waals surface area (Å²) < 4.78 is 0. The Morgan fingerprint density at radius 2 is 1.87 bits per heavy atom. The van der Waals surface area contributed by atoms with Crippen molar-refractivity contribution in [2.75, 3.05) is 18.0 Å². The van der Waals surface area contributed by atoms with E-state index in [4.69, 9.17) is 23.2 Å². The van der Waals surface area contributed by atoms with Gasteiger partial charge in [0.05, 0.1) is 5.88 Å². The lowest BCUT2D eigenvalue weighted by Gasteiger charge is -2.21. The predicted octanol–water partition coefficient (Wildman–Crippen LogP) is 4.10. The first-order valence-electron chi connectivity index (χ1n) is 4.91. The van der Waals surface area contributed by atoms with Crippen LogP contribution in [0.1, 0.15) is 18.4 Å². The molecule has 0 atom stereocenters. The number of hydrogen-bond acceptors (Lipinski definition) is 1. The molecule has 0 bridgehead atoms. The zero-order valence-electron chi connectivity index (χ0n) is 8.38. The molecule has 15 heavy (non-hydrogen) atoms. The van der Waals surface area contributed by atoms with Crippen molar-refractivity contribution in [3.63, 3.8) is 0 Å². The zero-order valence-corrected chi connectivity index (χ0v) is 10.7. The van der Waals surface area contributed by atoms with Crippen LogP contribution in [0.25, 0.3) is 0 Å². The van der Waals surface area contributed by atoms with Gasteiger partial charge in [0, 0.05) is 29.4 Å². The highest BCUT2D eigenvalue weighted by Gasteiger charge is 2.16. The Hall–Kier alpha value is -0.110. The number of rotatable bonds is 2. The molecule has 1 aromatic carbocycles. The van der Waals surface area contributed by atoms with Crippen molar-refractivity contribution in [3.05, 3.63) is 28.8 Å². The van der Waals surface area contributed by atoms with Crippen LogP contribution >= 0.6 is 35.6 Å². The highest BCUT2D eigenvalue weighted by atomic mass is 35.5. The van der Waals surface area contributed by atoms with Crippen LogP contribution in [-0.4, -0.2) is 13.1 Å². The van der Waals surface area contributed by atoms with Gasteiger partial charge in [0.25, 0.3) is 0 Å². The van der Waals surface area contributed by atoms with E-state index in [0.29, 0.717) is 5.88 Å². The van der Waals surface area contributed by atoms with Gasteiger partial charge in [-0.15, -0.1) is 24.0 Å². The highest BCUT2D eigenvalue weighted by Crippen LogP contribution is 2.30. The summed E-state index contributed by atoms with van der Waals surface area (Å²) in [5.74, 6) is 0.492. The summed E-state index contributed by atoms with van der Waals surface area (Å²) in [6, 6.07) is 6.00. The predicted molar refractivity (Wildman–Crippen MR) is 69.7 cm³/mol. The maximum Gasteiger partial charge on any atom is 0.0509 e. The van der Waals surface area contributed by atoms with Gasteiger partial charge in [0.1, 0.15) is 0 Å². The molecule has 1 saturated heterocycles. The molecule has 0 radical (unpaired) electrons. The summed E-state index contributed by atoms with van der Waals surface area (Å²) in [6.07, 6.45) is 2.54. The SMILES string of the molecule is Cl.ClCc1c(Cl)cccc1N1CCCC1. The minimum atomic E-state index is 0. The third kappa shape index (κ3) is 2.72. The van der Waals surface area contributed by atoms with Gasteiger partial charge in [-0.1, -0.05) is 17.7 Å². The Kier molecular flexibility index (Phi) is 5.04. The van der Waals surface area contributed by atoms with Crippen molar-refractivity contribution in [2.24, 2.45) is 0 Å². The van der Waals surface area contributed by atoms with Crippen molar-refractivity contribution >= 4 is 41.3 Å². The van der Waals surface area contributed by atoms with Crippen LogP contribution in [0.15, 0.2) is 18.2 Å². The van der Waals surface area contributed by atoms with E-state index in [2.05, 4.69) is 11.0 Å². The van der Waals surface area contributed by atoms with E-state index in [1.807, 2.05) is 12.1 Å². The molecule has 1 aliphatic rings. The van der Waals surface area contributed by atoms with Gasteiger partial charge < -0.3 is 4.90 Å². The lowest BCUT2D eigenvalue weighted by Crippen LogP contribution is -2.19. The molecule has 0 saturated carbocycles. The normalized spacial score (nSPS) is 15.2. The molecule has 0 amide bonds. The number of hydrogen-bond donors (Lipinski definition) is 0. The van der Waals surface area contributed by atoms with Gasteiger partial charge in [-0.25, -0.2) is 0 Å². The molecule has 0 spiro atoms. The summed E-state index contributed by atoms with van der Waals surface area (Å²) in [6.45, 7) is 2.26. The van der Waals surface area contributed by atoms with Crippen molar-refractivity contribution in [1.29, 1.82) is 0 Å². The monoisotopic (exact) mass is 265 g/mol. The maximum absolute atomic E-state index is 6.10. The number of anilines is 1. The number of benzene rings is 1. The first-order chi connectivity index (χ1) is 6.83. The molecule has 1 aliphatic heterocycles. The van der Waals surface area contributed by atoms with E-state index in [9.17, 15) is 0 Å². The molecule has 2 rings (SSSR count). The van der Waals surface area contributed by atoms with Crippen LogP contribution in [0.5, 0.6) is 0 Å². The molecule has 1 nitrogen and oxygen atoms in total. The minimum Gasteiger partial charge on any atom is -0.371 e. The van der Waals surface area contributed by atoms with E-state index in [0.717, 1.165) is 23.7 Å². The maximum atomic E-state index is 6.10. The van der Waals surface area contributed by atoms with Crippen molar-refractivity contribution in [1.82, 2.24) is 0 Å². The lowest BCUT2D eigenvalue weighted by molar-refractivity contribution is 0.949. The van der Waals surface area contributed by atoms with Gasteiger partial charge in [-0.2, -0.15) is 0 Å². The van der Waals surface area contributed by atoms with Gasteiger partial charge in [-0.3, -0.25) is 0 Å². The van der Waals surface area contributed by atoms with Crippen LogP contribution in [0.4, 0.5) is 5.69 Å².